The van der Waals surface area contributed by atoms with E-state index in [1.807, 2.05) is 26.8 Å². The van der Waals surface area contributed by atoms with Crippen LogP contribution in [0.3, 0.4) is 0 Å². The molecule has 1 N–H and O–H groups in total. The maximum Gasteiger partial charge on any atom is 0.339 e. The Labute approximate surface area is 127 Å². The molecule has 5 nitrogen and oxygen atoms in total. The van der Waals surface area contributed by atoms with Crippen LogP contribution in [0.2, 0.25) is 0 Å². The molecule has 0 radical (unpaired) electrons. The molecule has 0 aliphatic heterocycles. The van der Waals surface area contributed by atoms with Crippen LogP contribution in [0.1, 0.15) is 35.7 Å². The molecule has 0 spiro atoms. The number of esters is 1. The SMILES string of the molecule is CCOC(=O)C(O)c1c2cc(C)oc2c(C)c2cc(C)oc12. The quantitative estimate of drug-likeness (QED) is 0.747. The number of carbonyl (C=O) groups is 1. The van der Waals surface area contributed by atoms with Gasteiger partial charge < -0.3 is 18.7 Å². The summed E-state index contributed by atoms with van der Waals surface area (Å²) in [6.07, 6.45) is -1.41. The smallest absolute Gasteiger partial charge is 0.339 e. The van der Waals surface area contributed by atoms with Crippen LogP contribution in [0.4, 0.5) is 0 Å². The molecular weight excluding hydrogens is 284 g/mol. The largest absolute Gasteiger partial charge is 0.464 e. The molecule has 1 aromatic carbocycles. The second-order valence-corrected chi connectivity index (χ2v) is 5.39. The molecule has 22 heavy (non-hydrogen) atoms. The van der Waals surface area contributed by atoms with Crippen LogP contribution < -0.4 is 0 Å². The first-order valence-electron chi connectivity index (χ1n) is 7.21. The van der Waals surface area contributed by atoms with Gasteiger partial charge in [-0.05, 0) is 39.8 Å². The highest BCUT2D eigenvalue weighted by molar-refractivity contribution is 6.04. The van der Waals surface area contributed by atoms with Gasteiger partial charge in [-0.1, -0.05) is 0 Å². The van der Waals surface area contributed by atoms with Crippen molar-refractivity contribution in [3.63, 3.8) is 0 Å². The minimum atomic E-state index is -1.41. The third-order valence-electron chi connectivity index (χ3n) is 3.77. The molecule has 1 atom stereocenters. The molecule has 3 aromatic rings. The number of hydrogen-bond acceptors (Lipinski definition) is 5. The first-order chi connectivity index (χ1) is 10.4. The van der Waals surface area contributed by atoms with E-state index in [4.69, 9.17) is 13.6 Å². The van der Waals surface area contributed by atoms with E-state index in [-0.39, 0.29) is 6.61 Å². The number of aryl methyl sites for hydroxylation is 3. The van der Waals surface area contributed by atoms with Crippen molar-refractivity contribution in [3.05, 3.63) is 34.8 Å². The summed E-state index contributed by atoms with van der Waals surface area (Å²) in [5.41, 5.74) is 2.49. The van der Waals surface area contributed by atoms with Crippen LogP contribution in [0.5, 0.6) is 0 Å². The Morgan fingerprint density at radius 1 is 1.14 bits per heavy atom. The van der Waals surface area contributed by atoms with Crippen molar-refractivity contribution in [2.75, 3.05) is 6.61 Å². The minimum Gasteiger partial charge on any atom is -0.464 e. The average Bonchev–Trinajstić information content (AvgIpc) is 3.02. The molecule has 0 saturated carbocycles. The first-order valence-corrected chi connectivity index (χ1v) is 7.21. The number of carbonyl (C=O) groups excluding carboxylic acids is 1. The molecule has 1 unspecified atom stereocenters. The number of rotatable bonds is 3. The lowest BCUT2D eigenvalue weighted by Gasteiger charge is -2.12. The zero-order valence-corrected chi connectivity index (χ0v) is 13.0. The topological polar surface area (TPSA) is 72.8 Å². The van der Waals surface area contributed by atoms with E-state index >= 15 is 0 Å². The van der Waals surface area contributed by atoms with E-state index in [0.29, 0.717) is 33.6 Å². The Morgan fingerprint density at radius 3 is 2.36 bits per heavy atom. The lowest BCUT2D eigenvalue weighted by atomic mass is 9.98. The van der Waals surface area contributed by atoms with Crippen molar-refractivity contribution >= 4 is 27.9 Å². The monoisotopic (exact) mass is 302 g/mol. The van der Waals surface area contributed by atoms with E-state index < -0.39 is 12.1 Å². The summed E-state index contributed by atoms with van der Waals surface area (Å²) in [6.45, 7) is 7.49. The highest BCUT2D eigenvalue weighted by Gasteiger charge is 2.28. The predicted molar refractivity (Wildman–Crippen MR) is 81.8 cm³/mol. The standard InChI is InChI=1S/C17H18O5/c1-5-20-17(19)14(18)13-12-7-9(3)21-15(12)10(4)11-6-8(2)22-16(11)13/h6-7,14,18H,5H2,1-4H3. The van der Waals surface area contributed by atoms with Crippen LogP contribution in [0.25, 0.3) is 21.9 Å². The van der Waals surface area contributed by atoms with Gasteiger partial charge >= 0.3 is 5.97 Å². The number of fused-ring (bicyclic) bond motifs is 2. The molecular formula is C17H18O5. The lowest BCUT2D eigenvalue weighted by molar-refractivity contribution is -0.153. The Kier molecular flexibility index (Phi) is 3.45. The Bertz CT molecular complexity index is 811. The van der Waals surface area contributed by atoms with E-state index in [9.17, 15) is 9.90 Å². The normalized spacial score (nSPS) is 13.0. The van der Waals surface area contributed by atoms with E-state index in [1.54, 1.807) is 13.0 Å². The molecule has 116 valence electrons. The van der Waals surface area contributed by atoms with Crippen molar-refractivity contribution in [1.82, 2.24) is 0 Å². The molecule has 0 saturated heterocycles. The van der Waals surface area contributed by atoms with Crippen molar-refractivity contribution in [1.29, 1.82) is 0 Å². The number of ether oxygens (including phenoxy) is 1. The summed E-state index contributed by atoms with van der Waals surface area (Å²) in [6, 6.07) is 3.68. The van der Waals surface area contributed by atoms with Gasteiger partial charge in [0.25, 0.3) is 0 Å². The molecule has 3 rings (SSSR count). The molecule has 0 aliphatic carbocycles. The summed E-state index contributed by atoms with van der Waals surface area (Å²) in [4.78, 5) is 12.0. The highest BCUT2D eigenvalue weighted by Crippen LogP contribution is 2.39. The van der Waals surface area contributed by atoms with Crippen molar-refractivity contribution in [2.45, 2.75) is 33.8 Å². The van der Waals surface area contributed by atoms with E-state index in [0.717, 1.165) is 10.9 Å². The van der Waals surface area contributed by atoms with Gasteiger partial charge in [0.05, 0.1) is 6.61 Å². The van der Waals surface area contributed by atoms with Crippen molar-refractivity contribution in [2.24, 2.45) is 0 Å². The second kappa shape index (κ2) is 5.18. The Hall–Kier alpha value is -2.27. The van der Waals surface area contributed by atoms with Gasteiger partial charge in [-0.2, -0.15) is 0 Å². The van der Waals surface area contributed by atoms with Gasteiger partial charge in [0.1, 0.15) is 22.7 Å². The predicted octanol–water partition coefficient (Wildman–Crippen LogP) is 3.70. The minimum absolute atomic E-state index is 0.204. The summed E-state index contributed by atoms with van der Waals surface area (Å²) < 4.78 is 16.4. The number of benzene rings is 1. The summed E-state index contributed by atoms with van der Waals surface area (Å²) in [5, 5.41) is 12.0. The van der Waals surface area contributed by atoms with Gasteiger partial charge in [-0.15, -0.1) is 0 Å². The first kappa shape index (κ1) is 14.7. The maximum atomic E-state index is 12.0. The summed E-state index contributed by atoms with van der Waals surface area (Å²) in [7, 11) is 0. The third kappa shape index (κ3) is 2.09. The molecule has 2 heterocycles. The van der Waals surface area contributed by atoms with Crippen LogP contribution in [0, 0.1) is 20.8 Å². The molecule has 5 heteroatoms. The number of aliphatic hydroxyl groups excluding tert-OH is 1. The third-order valence-corrected chi connectivity index (χ3v) is 3.77. The van der Waals surface area contributed by atoms with Gasteiger partial charge in [0.15, 0.2) is 6.10 Å². The fourth-order valence-corrected chi connectivity index (χ4v) is 2.84. The van der Waals surface area contributed by atoms with Gasteiger partial charge in [-0.25, -0.2) is 4.79 Å². The van der Waals surface area contributed by atoms with Crippen LogP contribution in [-0.4, -0.2) is 17.7 Å². The zero-order valence-electron chi connectivity index (χ0n) is 13.0. The highest BCUT2D eigenvalue weighted by atomic mass is 16.5. The maximum absolute atomic E-state index is 12.0. The lowest BCUT2D eigenvalue weighted by Crippen LogP contribution is -2.16. The van der Waals surface area contributed by atoms with Gasteiger partial charge in [0, 0.05) is 21.9 Å². The van der Waals surface area contributed by atoms with Crippen LogP contribution in [-0.2, 0) is 9.53 Å². The Balaban J connectivity index is 2.37. The molecule has 2 aromatic heterocycles. The number of furan rings is 2. The van der Waals surface area contributed by atoms with Crippen molar-refractivity contribution < 1.29 is 23.5 Å². The fourth-order valence-electron chi connectivity index (χ4n) is 2.84. The van der Waals surface area contributed by atoms with E-state index in [2.05, 4.69) is 0 Å². The second-order valence-electron chi connectivity index (χ2n) is 5.39. The number of hydrogen-bond donors (Lipinski definition) is 1. The summed E-state index contributed by atoms with van der Waals surface area (Å²) in [5.74, 6) is 0.724. The number of aliphatic hydroxyl groups is 1. The van der Waals surface area contributed by atoms with Gasteiger partial charge in [-0.3, -0.25) is 0 Å². The van der Waals surface area contributed by atoms with Crippen LogP contribution >= 0.6 is 0 Å². The zero-order chi connectivity index (χ0) is 16.0. The molecule has 0 bridgehead atoms. The van der Waals surface area contributed by atoms with Gasteiger partial charge in [0.2, 0.25) is 0 Å². The van der Waals surface area contributed by atoms with Crippen LogP contribution in [0.15, 0.2) is 21.0 Å². The average molecular weight is 302 g/mol. The summed E-state index contributed by atoms with van der Waals surface area (Å²) >= 11 is 0. The van der Waals surface area contributed by atoms with Crippen molar-refractivity contribution in [3.8, 4) is 0 Å². The molecule has 0 amide bonds. The Morgan fingerprint density at radius 2 is 1.73 bits per heavy atom. The van der Waals surface area contributed by atoms with E-state index in [1.165, 1.54) is 0 Å². The fraction of sp³-hybridized carbons (Fsp3) is 0.353. The molecule has 0 fully saturated rings. The molecule has 0 aliphatic rings.